The van der Waals surface area contributed by atoms with Crippen molar-refractivity contribution in [2.45, 2.75) is 6.36 Å². The summed E-state index contributed by atoms with van der Waals surface area (Å²) in [6, 6.07) is 8.66. The number of H-pyrrole nitrogens is 2. The van der Waals surface area contributed by atoms with E-state index in [9.17, 15) is 22.8 Å². The predicted octanol–water partition coefficient (Wildman–Crippen LogP) is 5.50. The molecule has 0 bridgehead atoms. The number of carbonyl (C=O) groups is 1. The summed E-state index contributed by atoms with van der Waals surface area (Å²) in [7, 11) is 0. The van der Waals surface area contributed by atoms with Gasteiger partial charge in [0, 0.05) is 23.9 Å². The zero-order valence-corrected chi connectivity index (χ0v) is 17.6. The Morgan fingerprint density at radius 3 is 2.58 bits per heavy atom. The number of ether oxygens (including phenoxy) is 2. The van der Waals surface area contributed by atoms with Crippen LogP contribution >= 0.6 is 23.2 Å². The number of halogens is 5. The number of benzene rings is 2. The second-order valence-electron chi connectivity index (χ2n) is 6.51. The number of fused-ring (bicyclic) bond motifs is 1. The molecular weight excluding hydrogens is 488 g/mol. The number of amides is 1. The lowest BCUT2D eigenvalue weighted by molar-refractivity contribution is -0.274. The van der Waals surface area contributed by atoms with E-state index in [2.05, 4.69) is 25.0 Å². The Balaban J connectivity index is 1.60. The van der Waals surface area contributed by atoms with Crippen molar-refractivity contribution in [3.05, 3.63) is 74.8 Å². The lowest BCUT2D eigenvalue weighted by Gasteiger charge is -2.13. The molecule has 0 fully saturated rings. The van der Waals surface area contributed by atoms with Crippen LogP contribution in [0, 0.1) is 0 Å². The number of rotatable bonds is 5. The molecule has 2 aromatic heterocycles. The van der Waals surface area contributed by atoms with Crippen molar-refractivity contribution in [2.75, 3.05) is 5.32 Å². The maximum Gasteiger partial charge on any atom is 0.573 e. The summed E-state index contributed by atoms with van der Waals surface area (Å²) in [6.07, 6.45) is -3.49. The SMILES string of the molecule is O=C(Nc1cc(Oc2ccnc3[nH]c(=O)[nH]c23)c(Cl)cc1Cl)c1cccc(OC(F)(F)F)c1. The molecule has 0 saturated heterocycles. The van der Waals surface area contributed by atoms with Crippen molar-refractivity contribution in [2.24, 2.45) is 0 Å². The summed E-state index contributed by atoms with van der Waals surface area (Å²) in [5, 5.41) is 2.64. The molecule has 0 aliphatic heterocycles. The van der Waals surface area contributed by atoms with Gasteiger partial charge < -0.3 is 19.8 Å². The van der Waals surface area contributed by atoms with Crippen LogP contribution in [0.15, 0.2) is 53.5 Å². The number of alkyl halides is 3. The highest BCUT2D eigenvalue weighted by Gasteiger charge is 2.31. The zero-order chi connectivity index (χ0) is 23.8. The van der Waals surface area contributed by atoms with E-state index >= 15 is 0 Å². The molecule has 0 aliphatic rings. The highest BCUT2D eigenvalue weighted by Crippen LogP contribution is 2.38. The zero-order valence-electron chi connectivity index (χ0n) is 16.1. The highest BCUT2D eigenvalue weighted by atomic mass is 35.5. The van der Waals surface area contributed by atoms with Crippen LogP contribution in [0.2, 0.25) is 10.0 Å². The molecule has 0 radical (unpaired) electrons. The fourth-order valence-corrected chi connectivity index (χ4v) is 3.32. The molecule has 4 aromatic rings. The third-order valence-corrected chi connectivity index (χ3v) is 4.81. The smallest absolute Gasteiger partial charge is 0.453 e. The summed E-state index contributed by atoms with van der Waals surface area (Å²) < 4.78 is 46.9. The van der Waals surface area contributed by atoms with Gasteiger partial charge in [-0.15, -0.1) is 13.2 Å². The van der Waals surface area contributed by atoms with Gasteiger partial charge in [-0.05, 0) is 24.3 Å². The van der Waals surface area contributed by atoms with E-state index in [4.69, 9.17) is 27.9 Å². The summed E-state index contributed by atoms with van der Waals surface area (Å²) in [4.78, 5) is 33.2. The van der Waals surface area contributed by atoms with Gasteiger partial charge in [0.25, 0.3) is 5.91 Å². The Morgan fingerprint density at radius 1 is 1.03 bits per heavy atom. The minimum absolute atomic E-state index is 0.0540. The van der Waals surface area contributed by atoms with E-state index in [1.165, 1.54) is 36.5 Å². The summed E-state index contributed by atoms with van der Waals surface area (Å²) in [5.41, 5.74) is 0.0418. The molecule has 2 aromatic carbocycles. The van der Waals surface area contributed by atoms with Crippen LogP contribution in [0.3, 0.4) is 0 Å². The third-order valence-electron chi connectivity index (χ3n) is 4.20. The summed E-state index contributed by atoms with van der Waals surface area (Å²) >= 11 is 12.4. The third kappa shape index (κ3) is 5.21. The minimum Gasteiger partial charge on any atom is -0.453 e. The van der Waals surface area contributed by atoms with Gasteiger partial charge in [0.05, 0.1) is 15.7 Å². The first-order valence-corrected chi connectivity index (χ1v) is 9.76. The molecule has 4 rings (SSSR count). The largest absolute Gasteiger partial charge is 0.573 e. The van der Waals surface area contributed by atoms with Crippen molar-refractivity contribution in [1.29, 1.82) is 0 Å². The number of hydrogen-bond donors (Lipinski definition) is 3. The van der Waals surface area contributed by atoms with Gasteiger partial charge in [0.2, 0.25) is 0 Å². The molecule has 0 spiro atoms. The van der Waals surface area contributed by atoms with Gasteiger partial charge in [0.15, 0.2) is 11.4 Å². The molecule has 0 atom stereocenters. The Bertz CT molecular complexity index is 1420. The predicted molar refractivity (Wildman–Crippen MR) is 114 cm³/mol. The average molecular weight is 499 g/mol. The molecule has 170 valence electrons. The monoisotopic (exact) mass is 498 g/mol. The molecule has 0 unspecified atom stereocenters. The van der Waals surface area contributed by atoms with E-state index in [1.54, 1.807) is 0 Å². The van der Waals surface area contributed by atoms with E-state index in [1.807, 2.05) is 0 Å². The molecule has 1 amide bonds. The van der Waals surface area contributed by atoms with E-state index in [0.29, 0.717) is 5.52 Å². The number of aromatic amines is 2. The summed E-state index contributed by atoms with van der Waals surface area (Å²) in [5.74, 6) is -1.00. The molecule has 8 nitrogen and oxygen atoms in total. The second kappa shape index (κ2) is 8.68. The van der Waals surface area contributed by atoms with Gasteiger partial charge in [-0.25, -0.2) is 9.78 Å². The number of anilines is 1. The highest BCUT2D eigenvalue weighted by molar-refractivity contribution is 6.37. The van der Waals surface area contributed by atoms with Crippen molar-refractivity contribution in [1.82, 2.24) is 15.0 Å². The van der Waals surface area contributed by atoms with Gasteiger partial charge in [-0.3, -0.25) is 9.78 Å². The van der Waals surface area contributed by atoms with Crippen LogP contribution in [0.25, 0.3) is 11.2 Å². The van der Waals surface area contributed by atoms with E-state index in [0.717, 1.165) is 12.1 Å². The number of imidazole rings is 1. The standard InChI is InChI=1S/C20H11Cl2F3N4O4/c21-11-7-12(22)15(32-14-4-5-26-17-16(14)28-19(31)29-17)8-13(11)27-18(30)9-2-1-3-10(6-9)33-20(23,24)25/h1-8H,(H,27,30)(H2,26,28,29,31). The van der Waals surface area contributed by atoms with Crippen molar-refractivity contribution < 1.29 is 27.4 Å². The Morgan fingerprint density at radius 2 is 1.82 bits per heavy atom. The molecular formula is C20H11Cl2F3N4O4. The fraction of sp³-hybridized carbons (Fsp3) is 0.0500. The van der Waals surface area contributed by atoms with Crippen LogP contribution in [0.5, 0.6) is 17.2 Å². The number of aromatic nitrogens is 3. The quantitative estimate of drug-likeness (QED) is 0.336. The van der Waals surface area contributed by atoms with Crippen LogP contribution in [-0.2, 0) is 0 Å². The molecule has 0 saturated carbocycles. The van der Waals surface area contributed by atoms with Crippen molar-refractivity contribution in [3.63, 3.8) is 0 Å². The number of nitrogens with one attached hydrogen (secondary N) is 3. The van der Waals surface area contributed by atoms with Crippen LogP contribution < -0.4 is 20.5 Å². The molecule has 33 heavy (non-hydrogen) atoms. The number of carbonyl (C=O) groups excluding carboxylic acids is 1. The van der Waals surface area contributed by atoms with E-state index < -0.39 is 23.7 Å². The Kier molecular flexibility index (Phi) is 5.91. The first-order chi connectivity index (χ1) is 15.6. The Hall–Kier alpha value is -3.70. The maximum atomic E-state index is 12.6. The first kappa shape index (κ1) is 22.5. The normalized spacial score (nSPS) is 11.4. The molecule has 3 N–H and O–H groups in total. The molecule has 2 heterocycles. The minimum atomic E-state index is -4.90. The van der Waals surface area contributed by atoms with Crippen molar-refractivity contribution in [3.8, 4) is 17.2 Å². The topological polar surface area (TPSA) is 109 Å². The van der Waals surface area contributed by atoms with Crippen LogP contribution in [0.1, 0.15) is 10.4 Å². The average Bonchev–Trinajstić information content (AvgIpc) is 3.11. The van der Waals surface area contributed by atoms with Gasteiger partial charge >= 0.3 is 12.1 Å². The summed E-state index contributed by atoms with van der Waals surface area (Å²) in [6.45, 7) is 0. The van der Waals surface area contributed by atoms with E-state index in [-0.39, 0.29) is 38.4 Å². The fourth-order valence-electron chi connectivity index (χ4n) is 2.85. The lowest BCUT2D eigenvalue weighted by Crippen LogP contribution is -2.18. The first-order valence-electron chi connectivity index (χ1n) is 9.00. The number of hydrogen-bond acceptors (Lipinski definition) is 5. The molecule has 13 heteroatoms. The lowest BCUT2D eigenvalue weighted by atomic mass is 10.2. The van der Waals surface area contributed by atoms with Crippen LogP contribution in [-0.4, -0.2) is 27.2 Å². The maximum absolute atomic E-state index is 12.6. The number of pyridine rings is 1. The van der Waals surface area contributed by atoms with Gasteiger partial charge in [0.1, 0.15) is 17.0 Å². The van der Waals surface area contributed by atoms with Gasteiger partial charge in [-0.2, -0.15) is 0 Å². The number of nitrogens with zero attached hydrogens (tertiary/aromatic N) is 1. The second-order valence-corrected chi connectivity index (χ2v) is 7.32. The van der Waals surface area contributed by atoms with Crippen LogP contribution in [0.4, 0.5) is 18.9 Å². The molecule has 0 aliphatic carbocycles. The Labute approximate surface area is 192 Å². The van der Waals surface area contributed by atoms with Gasteiger partial charge in [-0.1, -0.05) is 29.3 Å². The van der Waals surface area contributed by atoms with Crippen molar-refractivity contribution >= 4 is 46.0 Å².